The number of fused-ring (bicyclic) bond motifs is 6. The van der Waals surface area contributed by atoms with Gasteiger partial charge in [-0.25, -0.2) is 0 Å². The van der Waals surface area contributed by atoms with E-state index in [-0.39, 0.29) is 11.5 Å². The summed E-state index contributed by atoms with van der Waals surface area (Å²) >= 11 is 16.0. The number of aromatic hydroxyl groups is 2. The number of halogens is 2. The van der Waals surface area contributed by atoms with Gasteiger partial charge in [0.1, 0.15) is 11.5 Å². The molecule has 0 aliphatic rings. The lowest BCUT2D eigenvalue weighted by atomic mass is 10.0. The zero-order chi connectivity index (χ0) is 45.3. The number of hydrogen-bond acceptors (Lipinski definition) is 6. The fraction of sp³-hybridized carbons (Fsp3) is 0.214. The molecule has 66 heavy (non-hydrogen) atoms. The number of thiophene rings is 2. The van der Waals surface area contributed by atoms with E-state index in [1.807, 2.05) is 59.3 Å². The summed E-state index contributed by atoms with van der Waals surface area (Å²) in [5.41, 5.74) is 9.89. The Labute approximate surface area is 402 Å². The van der Waals surface area contributed by atoms with Crippen LogP contribution in [0.1, 0.15) is 63.5 Å². The molecule has 0 aliphatic heterocycles. The van der Waals surface area contributed by atoms with Gasteiger partial charge < -0.3 is 28.8 Å². The van der Waals surface area contributed by atoms with E-state index in [9.17, 15) is 10.2 Å². The summed E-state index contributed by atoms with van der Waals surface area (Å²) in [5.74, 6) is 1.62. The SMILES string of the molecule is CCCCc1ccc2c(c1)c1ccccc1n2-c1csc(-c2ccc(Cl)cc2OCCCCOc2cc(Cl)ccc2-c2scc(-n3c4ccccc4c4cc(CCCC)ccc43)c2O)c1O. The van der Waals surface area contributed by atoms with Gasteiger partial charge in [0, 0.05) is 53.5 Å². The average molecular weight is 950 g/mol. The number of aromatic nitrogens is 2. The molecular weight excluding hydrogens is 900 g/mol. The van der Waals surface area contributed by atoms with E-state index in [1.54, 1.807) is 0 Å². The fourth-order valence-corrected chi connectivity index (χ4v) is 11.4. The van der Waals surface area contributed by atoms with Crippen molar-refractivity contribution in [1.29, 1.82) is 0 Å². The standard InChI is InChI=1S/C56H50Cl2N2O4S2/c1-3-5-13-35-19-25-47-43(29-35)39-15-7-9-17-45(39)59(47)49-33-65-55(53(49)61)41-23-21-37(57)31-51(41)63-27-11-12-28-64-52-32-38(58)22-24-42(52)56-54(62)50(34-66-56)60-46-18-10-8-16-40(46)44-30-36(14-6-4-2)20-26-48(44)60/h7-10,15-26,29-34,61-62H,3-6,11-14,27-28H2,1-2H3. The molecule has 4 aromatic heterocycles. The van der Waals surface area contributed by atoms with Crippen LogP contribution in [0.4, 0.5) is 0 Å². The summed E-state index contributed by atoms with van der Waals surface area (Å²) in [7, 11) is 0. The highest BCUT2D eigenvalue weighted by Gasteiger charge is 2.24. The number of benzene rings is 6. The van der Waals surface area contributed by atoms with E-state index < -0.39 is 0 Å². The Hall–Kier alpha value is -5.90. The zero-order valence-corrected chi connectivity index (χ0v) is 40.1. The van der Waals surface area contributed by atoms with Crippen LogP contribution in [-0.2, 0) is 12.8 Å². The van der Waals surface area contributed by atoms with E-state index in [1.165, 1.54) is 44.6 Å². The third kappa shape index (κ3) is 8.30. The van der Waals surface area contributed by atoms with E-state index >= 15 is 0 Å². The lowest BCUT2D eigenvalue weighted by molar-refractivity contribution is 0.267. The number of ether oxygens (including phenoxy) is 2. The molecule has 0 saturated heterocycles. The van der Waals surface area contributed by atoms with Crippen LogP contribution in [0.15, 0.2) is 132 Å². The quantitative estimate of drug-likeness (QED) is 0.0893. The minimum atomic E-state index is 0.200. The van der Waals surface area contributed by atoms with Crippen LogP contribution in [0.25, 0.3) is 75.9 Å². The van der Waals surface area contributed by atoms with Gasteiger partial charge in [0.05, 0.1) is 56.4 Å². The predicted octanol–water partition coefficient (Wildman–Crippen LogP) is 17.0. The first-order valence-corrected chi connectivity index (χ1v) is 25.4. The van der Waals surface area contributed by atoms with E-state index in [4.69, 9.17) is 32.7 Å². The molecule has 6 aromatic carbocycles. The van der Waals surface area contributed by atoms with Crippen LogP contribution < -0.4 is 9.47 Å². The summed E-state index contributed by atoms with van der Waals surface area (Å²) in [6.07, 6.45) is 8.09. The molecule has 0 radical (unpaired) electrons. The molecule has 0 saturated carbocycles. The van der Waals surface area contributed by atoms with Crippen molar-refractivity contribution in [1.82, 2.24) is 9.13 Å². The van der Waals surface area contributed by atoms with Gasteiger partial charge in [-0.1, -0.05) is 98.4 Å². The van der Waals surface area contributed by atoms with Crippen molar-refractivity contribution in [3.63, 3.8) is 0 Å². The molecule has 0 amide bonds. The molecule has 10 aromatic rings. The number of aryl methyl sites for hydroxylation is 2. The minimum Gasteiger partial charge on any atom is -0.504 e. The van der Waals surface area contributed by atoms with Gasteiger partial charge in [-0.3, -0.25) is 0 Å². The molecule has 0 bridgehead atoms. The van der Waals surface area contributed by atoms with Crippen molar-refractivity contribution >= 4 is 89.5 Å². The van der Waals surface area contributed by atoms with Crippen molar-refractivity contribution in [2.24, 2.45) is 0 Å². The summed E-state index contributed by atoms with van der Waals surface area (Å²) in [6.45, 7) is 5.27. The zero-order valence-electron chi connectivity index (χ0n) is 37.0. The average Bonchev–Trinajstić information content (AvgIpc) is 4.08. The molecule has 0 unspecified atom stereocenters. The molecule has 0 fully saturated rings. The van der Waals surface area contributed by atoms with Gasteiger partial charge in [-0.2, -0.15) is 0 Å². The topological polar surface area (TPSA) is 68.8 Å². The Bertz CT molecular complexity index is 3160. The van der Waals surface area contributed by atoms with Crippen molar-refractivity contribution < 1.29 is 19.7 Å². The van der Waals surface area contributed by atoms with Gasteiger partial charge in [0.15, 0.2) is 11.5 Å². The first-order valence-electron chi connectivity index (χ1n) is 22.8. The Morgan fingerprint density at radius 2 is 0.909 bits per heavy atom. The number of unbranched alkanes of at least 4 members (excludes halogenated alkanes) is 3. The minimum absolute atomic E-state index is 0.200. The Kier molecular flexibility index (Phi) is 12.7. The smallest absolute Gasteiger partial charge is 0.158 e. The highest BCUT2D eigenvalue weighted by molar-refractivity contribution is 7.14. The van der Waals surface area contributed by atoms with E-state index in [0.29, 0.717) is 57.4 Å². The molecule has 10 heteroatoms. The lowest BCUT2D eigenvalue weighted by Crippen LogP contribution is -2.04. The summed E-state index contributed by atoms with van der Waals surface area (Å²) in [6, 6.07) is 41.3. The van der Waals surface area contributed by atoms with Gasteiger partial charge in [-0.15, -0.1) is 22.7 Å². The number of para-hydroxylation sites is 2. The number of rotatable bonds is 17. The third-order valence-corrected chi connectivity index (χ3v) is 15.0. The maximum absolute atomic E-state index is 12.0. The predicted molar refractivity (Wildman–Crippen MR) is 279 cm³/mol. The normalized spacial score (nSPS) is 11.8. The fourth-order valence-electron chi connectivity index (χ4n) is 9.19. The molecule has 10 rings (SSSR count). The summed E-state index contributed by atoms with van der Waals surface area (Å²) in [5, 5.41) is 33.7. The van der Waals surface area contributed by atoms with Crippen LogP contribution in [0, 0.1) is 0 Å². The second kappa shape index (κ2) is 19.1. The summed E-state index contributed by atoms with van der Waals surface area (Å²) in [4.78, 5) is 1.43. The van der Waals surface area contributed by atoms with Gasteiger partial charge in [0.25, 0.3) is 0 Å². The van der Waals surface area contributed by atoms with E-state index in [2.05, 4.69) is 95.8 Å². The molecule has 0 atom stereocenters. The van der Waals surface area contributed by atoms with Crippen LogP contribution in [0.3, 0.4) is 0 Å². The largest absolute Gasteiger partial charge is 0.504 e. The molecule has 0 aliphatic carbocycles. The van der Waals surface area contributed by atoms with Crippen LogP contribution in [0.5, 0.6) is 23.0 Å². The maximum atomic E-state index is 12.0. The lowest BCUT2D eigenvalue weighted by Gasteiger charge is -2.14. The number of nitrogens with zero attached hydrogens (tertiary/aromatic N) is 2. The highest BCUT2D eigenvalue weighted by atomic mass is 35.5. The molecule has 2 N–H and O–H groups in total. The Morgan fingerprint density at radius 3 is 1.35 bits per heavy atom. The summed E-state index contributed by atoms with van der Waals surface area (Å²) < 4.78 is 17.2. The van der Waals surface area contributed by atoms with Gasteiger partial charge in [0.2, 0.25) is 0 Å². The Balaban J connectivity index is 0.845. The molecule has 334 valence electrons. The Morgan fingerprint density at radius 1 is 0.485 bits per heavy atom. The number of hydrogen-bond donors (Lipinski definition) is 2. The monoisotopic (exact) mass is 948 g/mol. The van der Waals surface area contributed by atoms with Crippen molar-refractivity contribution in [2.75, 3.05) is 13.2 Å². The molecule has 4 heterocycles. The molecule has 0 spiro atoms. The van der Waals surface area contributed by atoms with Crippen LogP contribution in [-0.4, -0.2) is 32.6 Å². The second-order valence-electron chi connectivity index (χ2n) is 16.9. The van der Waals surface area contributed by atoms with Gasteiger partial charge >= 0.3 is 0 Å². The van der Waals surface area contributed by atoms with Crippen molar-refractivity contribution in [3.05, 3.63) is 153 Å². The van der Waals surface area contributed by atoms with E-state index in [0.717, 1.165) is 93.9 Å². The van der Waals surface area contributed by atoms with Crippen molar-refractivity contribution in [3.8, 4) is 55.3 Å². The van der Waals surface area contributed by atoms with Gasteiger partial charge in [-0.05, 0) is 122 Å². The van der Waals surface area contributed by atoms with Crippen molar-refractivity contribution in [2.45, 2.75) is 65.2 Å². The molecular formula is C56H50Cl2N2O4S2. The maximum Gasteiger partial charge on any atom is 0.158 e. The second-order valence-corrected chi connectivity index (χ2v) is 19.5. The highest BCUT2D eigenvalue weighted by Crippen LogP contribution is 2.49. The first-order chi connectivity index (χ1) is 32.3. The third-order valence-electron chi connectivity index (χ3n) is 12.5. The van der Waals surface area contributed by atoms with Crippen LogP contribution >= 0.6 is 45.9 Å². The molecule has 6 nitrogen and oxygen atoms in total. The first kappa shape index (κ1) is 44.0. The van der Waals surface area contributed by atoms with Crippen LogP contribution in [0.2, 0.25) is 10.0 Å².